The molecule has 1 aliphatic heterocycles. The molecule has 0 aliphatic carbocycles. The lowest BCUT2D eigenvalue weighted by Gasteiger charge is -2.34. The minimum absolute atomic E-state index is 0.00584. The Morgan fingerprint density at radius 3 is 2.58 bits per heavy atom. The van der Waals surface area contributed by atoms with Crippen LogP contribution in [0.2, 0.25) is 0 Å². The molecule has 1 aromatic carbocycles. The summed E-state index contributed by atoms with van der Waals surface area (Å²) in [5, 5.41) is 14.4. The van der Waals surface area contributed by atoms with E-state index in [-0.39, 0.29) is 24.0 Å². The predicted molar refractivity (Wildman–Crippen MR) is 91.8 cm³/mol. The van der Waals surface area contributed by atoms with E-state index < -0.39 is 4.92 Å². The molecule has 3 rings (SSSR count). The van der Waals surface area contributed by atoms with Crippen LogP contribution in [-0.4, -0.2) is 56.6 Å². The standard InChI is InChI=1S/C17H20FN5O3/c18-15-4-2-1-3-14(15)13-20-9-11-21(12-10-20)17(24)6-8-22-7-5-16(19-22)23(25)26/h1-5,7H,6,8-13H2. The zero-order chi connectivity index (χ0) is 18.5. The maximum Gasteiger partial charge on any atom is 0.389 e. The fraction of sp³-hybridized carbons (Fsp3) is 0.412. The normalized spacial score (nSPS) is 15.2. The van der Waals surface area contributed by atoms with Crippen molar-refractivity contribution >= 4 is 11.7 Å². The lowest BCUT2D eigenvalue weighted by molar-refractivity contribution is -0.389. The van der Waals surface area contributed by atoms with Gasteiger partial charge in [0.05, 0.1) is 23.9 Å². The number of nitro groups is 1. The summed E-state index contributed by atoms with van der Waals surface area (Å²) in [5.41, 5.74) is 0.660. The number of rotatable bonds is 6. The third-order valence-corrected chi connectivity index (χ3v) is 4.45. The summed E-state index contributed by atoms with van der Waals surface area (Å²) in [7, 11) is 0. The molecular formula is C17H20FN5O3. The molecule has 0 atom stereocenters. The third kappa shape index (κ3) is 4.42. The highest BCUT2D eigenvalue weighted by Gasteiger charge is 2.22. The molecule has 1 fully saturated rings. The number of amides is 1. The molecule has 0 bridgehead atoms. The van der Waals surface area contributed by atoms with Gasteiger partial charge in [0.25, 0.3) is 0 Å². The number of benzene rings is 1. The maximum atomic E-state index is 13.7. The number of hydrogen-bond acceptors (Lipinski definition) is 5. The van der Waals surface area contributed by atoms with Crippen LogP contribution in [0.1, 0.15) is 12.0 Å². The van der Waals surface area contributed by atoms with E-state index in [9.17, 15) is 19.3 Å². The van der Waals surface area contributed by atoms with Gasteiger partial charge in [0.1, 0.15) is 5.82 Å². The third-order valence-electron chi connectivity index (χ3n) is 4.45. The van der Waals surface area contributed by atoms with E-state index in [0.717, 1.165) is 0 Å². The number of halogens is 1. The molecule has 0 saturated carbocycles. The monoisotopic (exact) mass is 361 g/mol. The van der Waals surface area contributed by atoms with Gasteiger partial charge in [-0.05, 0) is 11.0 Å². The van der Waals surface area contributed by atoms with Crippen molar-refractivity contribution in [3.63, 3.8) is 0 Å². The van der Waals surface area contributed by atoms with Crippen molar-refractivity contribution in [1.82, 2.24) is 19.6 Å². The van der Waals surface area contributed by atoms with Crippen LogP contribution in [0.3, 0.4) is 0 Å². The van der Waals surface area contributed by atoms with E-state index in [1.54, 1.807) is 17.0 Å². The second-order valence-electron chi connectivity index (χ2n) is 6.19. The van der Waals surface area contributed by atoms with Crippen LogP contribution < -0.4 is 0 Å². The zero-order valence-electron chi connectivity index (χ0n) is 14.3. The van der Waals surface area contributed by atoms with Crippen molar-refractivity contribution < 1.29 is 14.1 Å². The molecule has 1 saturated heterocycles. The highest BCUT2D eigenvalue weighted by molar-refractivity contribution is 5.76. The Bertz CT molecular complexity index is 786. The van der Waals surface area contributed by atoms with Gasteiger partial charge >= 0.3 is 5.82 Å². The minimum Gasteiger partial charge on any atom is -0.358 e. The fourth-order valence-electron chi connectivity index (χ4n) is 2.96. The quantitative estimate of drug-likeness (QED) is 0.577. The van der Waals surface area contributed by atoms with Crippen LogP contribution in [0.5, 0.6) is 0 Å². The van der Waals surface area contributed by atoms with Gasteiger partial charge in [-0.1, -0.05) is 18.2 Å². The summed E-state index contributed by atoms with van der Waals surface area (Å²) in [6.07, 6.45) is 1.74. The van der Waals surface area contributed by atoms with E-state index in [1.807, 2.05) is 6.07 Å². The summed E-state index contributed by atoms with van der Waals surface area (Å²) in [5.74, 6) is -0.438. The van der Waals surface area contributed by atoms with Crippen LogP contribution in [0.15, 0.2) is 36.5 Å². The van der Waals surface area contributed by atoms with Crippen molar-refractivity contribution in [2.45, 2.75) is 19.5 Å². The van der Waals surface area contributed by atoms with Crippen molar-refractivity contribution in [1.29, 1.82) is 0 Å². The molecule has 2 heterocycles. The Morgan fingerprint density at radius 2 is 1.92 bits per heavy atom. The van der Waals surface area contributed by atoms with E-state index in [4.69, 9.17) is 0 Å². The fourth-order valence-corrected chi connectivity index (χ4v) is 2.96. The first-order valence-corrected chi connectivity index (χ1v) is 8.44. The van der Waals surface area contributed by atoms with Crippen LogP contribution in [-0.2, 0) is 17.9 Å². The van der Waals surface area contributed by atoms with E-state index in [2.05, 4.69) is 10.00 Å². The Balaban J connectivity index is 1.44. The number of aryl methyl sites for hydroxylation is 1. The zero-order valence-corrected chi connectivity index (χ0v) is 14.3. The van der Waals surface area contributed by atoms with Gasteiger partial charge < -0.3 is 15.0 Å². The largest absolute Gasteiger partial charge is 0.389 e. The summed E-state index contributed by atoms with van der Waals surface area (Å²) >= 11 is 0. The van der Waals surface area contributed by atoms with Crippen LogP contribution in [0.25, 0.3) is 0 Å². The Hall–Kier alpha value is -2.81. The summed E-state index contributed by atoms with van der Waals surface area (Å²) in [4.78, 5) is 26.2. The van der Waals surface area contributed by atoms with Crippen molar-refractivity contribution in [2.75, 3.05) is 26.2 Å². The highest BCUT2D eigenvalue weighted by Crippen LogP contribution is 2.13. The predicted octanol–water partition coefficient (Wildman–Crippen LogP) is 1.66. The molecule has 0 unspecified atom stereocenters. The topological polar surface area (TPSA) is 84.5 Å². The summed E-state index contributed by atoms with van der Waals surface area (Å²) in [6.45, 7) is 3.40. The first kappa shape index (κ1) is 18.0. The van der Waals surface area contributed by atoms with E-state index in [1.165, 1.54) is 23.0 Å². The van der Waals surface area contributed by atoms with Gasteiger partial charge in [0, 0.05) is 44.7 Å². The molecular weight excluding hydrogens is 341 g/mol. The van der Waals surface area contributed by atoms with Crippen LogP contribution >= 0.6 is 0 Å². The lowest BCUT2D eigenvalue weighted by atomic mass is 10.2. The van der Waals surface area contributed by atoms with Crippen LogP contribution in [0.4, 0.5) is 10.2 Å². The lowest BCUT2D eigenvalue weighted by Crippen LogP contribution is -2.48. The molecule has 1 aromatic heterocycles. The van der Waals surface area contributed by atoms with Gasteiger partial charge in [-0.2, -0.15) is 4.68 Å². The van der Waals surface area contributed by atoms with Gasteiger partial charge in [-0.15, -0.1) is 0 Å². The second kappa shape index (κ2) is 8.05. The number of carbonyl (C=O) groups is 1. The smallest absolute Gasteiger partial charge is 0.358 e. The number of hydrogen-bond donors (Lipinski definition) is 0. The number of carbonyl (C=O) groups excluding carboxylic acids is 1. The van der Waals surface area contributed by atoms with E-state index >= 15 is 0 Å². The first-order valence-electron chi connectivity index (χ1n) is 8.44. The van der Waals surface area contributed by atoms with Gasteiger partial charge in [-0.25, -0.2) is 4.39 Å². The highest BCUT2D eigenvalue weighted by atomic mass is 19.1. The average Bonchev–Trinajstić information content (AvgIpc) is 3.12. The molecule has 0 spiro atoms. The SMILES string of the molecule is O=C(CCn1ccc([N+](=O)[O-])n1)N1CCN(Cc2ccccc2F)CC1. The number of aromatic nitrogens is 2. The van der Waals surface area contributed by atoms with Gasteiger partial charge in [0.2, 0.25) is 5.91 Å². The summed E-state index contributed by atoms with van der Waals surface area (Å²) < 4.78 is 15.1. The van der Waals surface area contributed by atoms with Crippen molar-refractivity contribution in [2.24, 2.45) is 0 Å². The molecule has 8 nitrogen and oxygen atoms in total. The molecule has 0 N–H and O–H groups in total. The molecule has 138 valence electrons. The molecule has 1 aliphatic rings. The molecule has 2 aromatic rings. The Labute approximate surface area is 150 Å². The molecule has 26 heavy (non-hydrogen) atoms. The van der Waals surface area contributed by atoms with Gasteiger partial charge in [-0.3, -0.25) is 9.69 Å². The summed E-state index contributed by atoms with van der Waals surface area (Å²) in [6, 6.07) is 8.03. The van der Waals surface area contributed by atoms with Crippen molar-refractivity contribution in [3.8, 4) is 0 Å². The first-order chi connectivity index (χ1) is 12.5. The van der Waals surface area contributed by atoms with E-state index in [0.29, 0.717) is 44.8 Å². The molecule has 1 amide bonds. The van der Waals surface area contributed by atoms with Crippen molar-refractivity contribution in [3.05, 3.63) is 58.0 Å². The Morgan fingerprint density at radius 1 is 1.19 bits per heavy atom. The second-order valence-corrected chi connectivity index (χ2v) is 6.19. The molecule has 0 radical (unpaired) electrons. The Kier molecular flexibility index (Phi) is 5.57. The maximum absolute atomic E-state index is 13.7. The number of nitrogens with zero attached hydrogens (tertiary/aromatic N) is 5. The average molecular weight is 361 g/mol. The number of piperazine rings is 1. The molecule has 9 heteroatoms. The minimum atomic E-state index is -0.562. The van der Waals surface area contributed by atoms with Crippen LogP contribution in [0, 0.1) is 15.9 Å². The van der Waals surface area contributed by atoms with Gasteiger partial charge in [0.15, 0.2) is 0 Å².